The van der Waals surface area contributed by atoms with Crippen molar-refractivity contribution in [2.45, 2.75) is 0 Å². The molecule has 0 atom stereocenters. The first-order chi connectivity index (χ1) is 3.68. The molecule has 0 aliphatic carbocycles. The quantitative estimate of drug-likeness (QED) is 0.197. The van der Waals surface area contributed by atoms with Crippen LogP contribution in [0.2, 0.25) is 0 Å². The minimum Gasteiger partial charge on any atom is -0.361 e. The average Bonchev–Trinajstić information content (AvgIpc) is 1.67. The Morgan fingerprint density at radius 1 is 1.62 bits per heavy atom. The van der Waals surface area contributed by atoms with Crippen LogP contribution in [-0.2, 0) is 9.59 Å². The van der Waals surface area contributed by atoms with Crippen molar-refractivity contribution in [3.8, 4) is 0 Å². The molecule has 0 aromatic rings. The maximum absolute atomic E-state index is 10.1. The Morgan fingerprint density at radius 2 is 2.12 bits per heavy atom. The Bertz CT molecular complexity index is 115. The van der Waals surface area contributed by atoms with E-state index >= 15 is 0 Å². The van der Waals surface area contributed by atoms with Crippen LogP contribution >= 0.6 is 22.6 Å². The van der Waals surface area contributed by atoms with E-state index < -0.39 is 11.8 Å². The third-order valence-electron chi connectivity index (χ3n) is 0.362. The van der Waals surface area contributed by atoms with Crippen molar-refractivity contribution in [1.29, 1.82) is 0 Å². The summed E-state index contributed by atoms with van der Waals surface area (Å²) in [6.45, 7) is 0. The number of nitrogens with two attached hydrogens (primary N) is 1. The van der Waals surface area contributed by atoms with Crippen molar-refractivity contribution >= 4 is 34.5 Å². The van der Waals surface area contributed by atoms with E-state index in [1.807, 2.05) is 4.72 Å². The van der Waals surface area contributed by atoms with Gasteiger partial charge in [0.1, 0.15) is 0 Å². The molecule has 0 fully saturated rings. The van der Waals surface area contributed by atoms with E-state index in [4.69, 9.17) is 0 Å². The van der Waals surface area contributed by atoms with Gasteiger partial charge in [0.15, 0.2) is 0 Å². The Morgan fingerprint density at radius 3 is 2.25 bits per heavy atom. The van der Waals surface area contributed by atoms with Gasteiger partial charge in [0.05, 0.1) is 0 Å². The monoisotopic (exact) mass is 152 g/mol. The van der Waals surface area contributed by atoms with Crippen LogP contribution in [0.15, 0.2) is 0 Å². The highest BCUT2D eigenvalue weighted by molar-refractivity contribution is 8.68. The van der Waals surface area contributed by atoms with Crippen LogP contribution in [0.5, 0.6) is 0 Å². The molecule has 6 heteroatoms. The van der Waals surface area contributed by atoms with E-state index in [1.54, 1.807) is 0 Å². The number of nitrogens with one attached hydrogen (secondary N) is 1. The highest BCUT2D eigenvalue weighted by Gasteiger charge is 2.04. The molecular weight excluding hydrogens is 148 g/mol. The summed E-state index contributed by atoms with van der Waals surface area (Å²) in [5.41, 5.74) is 4.52. The van der Waals surface area contributed by atoms with Crippen LogP contribution in [0.4, 0.5) is 0 Å². The molecule has 0 rings (SSSR count). The Hall–Kier alpha value is -0.360. The topological polar surface area (TPSA) is 72.2 Å². The molecule has 4 nitrogen and oxygen atoms in total. The number of hydrogen-bond donors (Lipinski definition) is 3. The number of primary amides is 1. The van der Waals surface area contributed by atoms with E-state index in [0.717, 1.165) is 11.0 Å². The van der Waals surface area contributed by atoms with Gasteiger partial charge in [0.25, 0.3) is 0 Å². The fraction of sp³-hybridized carbons (Fsp3) is 0. The lowest BCUT2D eigenvalue weighted by molar-refractivity contribution is -0.136. The van der Waals surface area contributed by atoms with Crippen molar-refractivity contribution < 1.29 is 9.59 Å². The highest BCUT2D eigenvalue weighted by Crippen LogP contribution is 1.94. The Labute approximate surface area is 55.1 Å². The molecule has 0 unspecified atom stereocenters. The molecule has 0 spiro atoms. The third kappa shape index (κ3) is 2.75. The highest BCUT2D eigenvalue weighted by atomic mass is 33.1. The van der Waals surface area contributed by atoms with Gasteiger partial charge < -0.3 is 5.73 Å². The first-order valence-electron chi connectivity index (χ1n) is 1.58. The maximum Gasteiger partial charge on any atom is 0.319 e. The summed E-state index contributed by atoms with van der Waals surface area (Å²) in [5, 5.41) is 0. The van der Waals surface area contributed by atoms with Crippen LogP contribution in [0.25, 0.3) is 0 Å². The Balaban J connectivity index is 3.49. The summed E-state index contributed by atoms with van der Waals surface area (Å²) >= 11 is 3.53. The van der Waals surface area contributed by atoms with Gasteiger partial charge >= 0.3 is 11.8 Å². The van der Waals surface area contributed by atoms with E-state index in [-0.39, 0.29) is 0 Å². The predicted molar refractivity (Wildman–Crippen MR) is 33.9 cm³/mol. The van der Waals surface area contributed by atoms with Crippen molar-refractivity contribution in [2.24, 2.45) is 5.73 Å². The summed E-state index contributed by atoms with van der Waals surface area (Å²) in [6, 6.07) is 0. The van der Waals surface area contributed by atoms with E-state index in [0.29, 0.717) is 0 Å². The lowest BCUT2D eigenvalue weighted by atomic mass is 10.6. The smallest absolute Gasteiger partial charge is 0.319 e. The van der Waals surface area contributed by atoms with Gasteiger partial charge in [-0.05, 0) is 0 Å². The van der Waals surface area contributed by atoms with E-state index in [9.17, 15) is 9.59 Å². The lowest BCUT2D eigenvalue weighted by Gasteiger charge is -1.90. The molecule has 0 aromatic heterocycles. The van der Waals surface area contributed by atoms with Crippen LogP contribution in [0, 0.1) is 0 Å². The molecule has 0 radical (unpaired) electrons. The summed E-state index contributed by atoms with van der Waals surface area (Å²) in [6.07, 6.45) is 0. The molecule has 46 valence electrons. The molecule has 0 heterocycles. The summed E-state index contributed by atoms with van der Waals surface area (Å²) in [7, 11) is 0.732. The van der Waals surface area contributed by atoms with Crippen molar-refractivity contribution in [3.05, 3.63) is 0 Å². The summed E-state index contributed by atoms with van der Waals surface area (Å²) < 4.78 is 2.01. The molecule has 0 aliphatic rings. The SMILES string of the molecule is NC(=O)C(=O)NSS. The standard InChI is InChI=1S/C2H4N2O2S2/c3-1(5)2(6)4-8-7/h7H,(H2,3,5)(H,4,6). The first kappa shape index (κ1) is 7.64. The van der Waals surface area contributed by atoms with Crippen LogP contribution in [0.1, 0.15) is 0 Å². The van der Waals surface area contributed by atoms with Gasteiger partial charge in [-0.3, -0.25) is 14.3 Å². The van der Waals surface area contributed by atoms with Crippen LogP contribution in [-0.4, -0.2) is 11.8 Å². The predicted octanol–water partition coefficient (Wildman–Crippen LogP) is -0.919. The number of amides is 2. The van der Waals surface area contributed by atoms with E-state index in [2.05, 4.69) is 17.4 Å². The van der Waals surface area contributed by atoms with Gasteiger partial charge in [-0.2, -0.15) is 0 Å². The van der Waals surface area contributed by atoms with Gasteiger partial charge in [0, 0.05) is 11.0 Å². The first-order valence-corrected chi connectivity index (χ1v) is 3.45. The molecule has 0 bridgehead atoms. The fourth-order valence-corrected chi connectivity index (χ4v) is 0.524. The normalized spacial score (nSPS) is 8.12. The third-order valence-corrected chi connectivity index (χ3v) is 0.913. The fourth-order valence-electron chi connectivity index (χ4n) is 0.0918. The van der Waals surface area contributed by atoms with Crippen LogP contribution < -0.4 is 10.5 Å². The molecule has 2 amide bonds. The maximum atomic E-state index is 10.1. The van der Waals surface area contributed by atoms with Gasteiger partial charge in [-0.15, -0.1) is 0 Å². The molecule has 3 N–H and O–H groups in total. The number of thiol groups is 1. The second kappa shape index (κ2) is 3.62. The number of hydrogen-bond acceptors (Lipinski definition) is 4. The minimum absolute atomic E-state index is 0.732. The zero-order chi connectivity index (χ0) is 6.57. The second-order valence-electron chi connectivity index (χ2n) is 0.887. The molecule has 0 saturated heterocycles. The minimum atomic E-state index is -1.01. The largest absolute Gasteiger partial charge is 0.361 e. The average molecular weight is 152 g/mol. The number of carbonyl (C=O) groups is 2. The van der Waals surface area contributed by atoms with Gasteiger partial charge in [-0.25, -0.2) is 0 Å². The second-order valence-corrected chi connectivity index (χ2v) is 1.82. The molecule has 8 heavy (non-hydrogen) atoms. The summed E-state index contributed by atoms with van der Waals surface area (Å²) in [5.74, 6) is -1.85. The van der Waals surface area contributed by atoms with Crippen molar-refractivity contribution in [1.82, 2.24) is 4.72 Å². The number of carbonyl (C=O) groups excluding carboxylic acids is 2. The number of rotatable bonds is 1. The van der Waals surface area contributed by atoms with Crippen LogP contribution in [0.3, 0.4) is 0 Å². The van der Waals surface area contributed by atoms with Gasteiger partial charge in [0.2, 0.25) is 0 Å². The van der Waals surface area contributed by atoms with Crippen molar-refractivity contribution in [2.75, 3.05) is 0 Å². The zero-order valence-electron chi connectivity index (χ0n) is 3.75. The Kier molecular flexibility index (Phi) is 3.46. The van der Waals surface area contributed by atoms with E-state index in [1.165, 1.54) is 0 Å². The van der Waals surface area contributed by atoms with Crippen molar-refractivity contribution in [3.63, 3.8) is 0 Å². The summed E-state index contributed by atoms with van der Waals surface area (Å²) in [4.78, 5) is 19.9. The van der Waals surface area contributed by atoms with Gasteiger partial charge in [-0.1, -0.05) is 11.7 Å². The lowest BCUT2D eigenvalue weighted by Crippen LogP contribution is -2.31. The molecule has 0 aromatic carbocycles. The molecule has 0 aliphatic heterocycles. The zero-order valence-corrected chi connectivity index (χ0v) is 5.46. The molecular formula is C2H4N2O2S2. The molecule has 0 saturated carbocycles.